The minimum atomic E-state index is 0.224. The molecule has 0 aromatic heterocycles. The summed E-state index contributed by atoms with van der Waals surface area (Å²) in [6.45, 7) is 5.03. The summed E-state index contributed by atoms with van der Waals surface area (Å²) in [5.41, 5.74) is 3.65. The standard InChI is InChI=1S/C16H17BrClN/c1-11-7-8-13(15(17)9-11)10-19-12(2)14-5-3-4-6-16(14)18/h3-9,12,19H,10H2,1-2H3/t12-/m0/s1. The van der Waals surface area contributed by atoms with Crippen molar-refractivity contribution in [2.24, 2.45) is 0 Å². The summed E-state index contributed by atoms with van der Waals surface area (Å²) in [4.78, 5) is 0. The Bertz CT molecular complexity index is 568. The Labute approximate surface area is 128 Å². The van der Waals surface area contributed by atoms with Gasteiger partial charge < -0.3 is 5.32 Å². The molecule has 19 heavy (non-hydrogen) atoms. The van der Waals surface area contributed by atoms with Crippen LogP contribution in [-0.4, -0.2) is 0 Å². The highest BCUT2D eigenvalue weighted by Gasteiger charge is 2.09. The van der Waals surface area contributed by atoms with Crippen molar-refractivity contribution < 1.29 is 0 Å². The largest absolute Gasteiger partial charge is 0.306 e. The predicted molar refractivity (Wildman–Crippen MR) is 85.6 cm³/mol. The molecular weight excluding hydrogens is 322 g/mol. The van der Waals surface area contributed by atoms with Crippen molar-refractivity contribution in [3.8, 4) is 0 Å². The third-order valence-corrected chi connectivity index (χ3v) is 4.26. The molecule has 2 rings (SSSR count). The highest BCUT2D eigenvalue weighted by molar-refractivity contribution is 9.10. The van der Waals surface area contributed by atoms with Crippen LogP contribution in [0.2, 0.25) is 5.02 Å². The van der Waals surface area contributed by atoms with Crippen molar-refractivity contribution in [3.63, 3.8) is 0 Å². The lowest BCUT2D eigenvalue weighted by Gasteiger charge is -2.16. The van der Waals surface area contributed by atoms with Crippen LogP contribution in [0, 0.1) is 6.92 Å². The van der Waals surface area contributed by atoms with Gasteiger partial charge in [-0.15, -0.1) is 0 Å². The van der Waals surface area contributed by atoms with Crippen LogP contribution in [-0.2, 0) is 6.54 Å². The minimum absolute atomic E-state index is 0.224. The Balaban J connectivity index is 2.04. The van der Waals surface area contributed by atoms with E-state index in [0.717, 1.165) is 21.6 Å². The summed E-state index contributed by atoms with van der Waals surface area (Å²) in [6.07, 6.45) is 0. The molecule has 0 heterocycles. The number of hydrogen-bond acceptors (Lipinski definition) is 1. The van der Waals surface area contributed by atoms with Crippen LogP contribution in [0.4, 0.5) is 0 Å². The highest BCUT2D eigenvalue weighted by atomic mass is 79.9. The first-order chi connectivity index (χ1) is 9.08. The maximum Gasteiger partial charge on any atom is 0.0453 e. The average molecular weight is 339 g/mol. The van der Waals surface area contributed by atoms with Gasteiger partial charge in [-0.1, -0.05) is 57.9 Å². The number of hydrogen-bond donors (Lipinski definition) is 1. The molecule has 0 aliphatic carbocycles. The quantitative estimate of drug-likeness (QED) is 0.801. The summed E-state index contributed by atoms with van der Waals surface area (Å²) >= 11 is 9.81. The molecule has 2 aromatic rings. The van der Waals surface area contributed by atoms with Crippen molar-refractivity contribution in [2.45, 2.75) is 26.4 Å². The maximum atomic E-state index is 6.20. The van der Waals surface area contributed by atoms with Gasteiger partial charge in [-0.3, -0.25) is 0 Å². The van der Waals surface area contributed by atoms with Gasteiger partial charge in [0.2, 0.25) is 0 Å². The number of nitrogens with one attached hydrogen (secondary N) is 1. The van der Waals surface area contributed by atoms with E-state index in [1.807, 2.05) is 18.2 Å². The topological polar surface area (TPSA) is 12.0 Å². The van der Waals surface area contributed by atoms with Crippen LogP contribution in [0.1, 0.15) is 29.7 Å². The van der Waals surface area contributed by atoms with Gasteiger partial charge in [-0.25, -0.2) is 0 Å². The first kappa shape index (κ1) is 14.6. The second kappa shape index (κ2) is 6.56. The summed E-state index contributed by atoms with van der Waals surface area (Å²) in [5, 5.41) is 4.31. The van der Waals surface area contributed by atoms with Gasteiger partial charge in [0.1, 0.15) is 0 Å². The van der Waals surface area contributed by atoms with E-state index in [9.17, 15) is 0 Å². The molecule has 2 aromatic carbocycles. The van der Waals surface area contributed by atoms with Gasteiger partial charge in [0.25, 0.3) is 0 Å². The molecule has 0 saturated heterocycles. The van der Waals surface area contributed by atoms with E-state index in [4.69, 9.17) is 11.6 Å². The zero-order valence-corrected chi connectivity index (χ0v) is 13.4. The fourth-order valence-corrected chi connectivity index (χ4v) is 2.93. The molecule has 0 fully saturated rings. The van der Waals surface area contributed by atoms with Crippen molar-refractivity contribution >= 4 is 27.5 Å². The van der Waals surface area contributed by atoms with Gasteiger partial charge in [-0.05, 0) is 42.7 Å². The zero-order chi connectivity index (χ0) is 13.8. The SMILES string of the molecule is Cc1ccc(CN[C@@H](C)c2ccccc2Cl)c(Br)c1. The van der Waals surface area contributed by atoms with Gasteiger partial charge in [-0.2, -0.15) is 0 Å². The molecule has 0 aliphatic rings. The molecule has 0 spiro atoms. The molecule has 100 valence electrons. The summed E-state index contributed by atoms with van der Waals surface area (Å²) in [6, 6.07) is 14.6. The summed E-state index contributed by atoms with van der Waals surface area (Å²) < 4.78 is 1.14. The van der Waals surface area contributed by atoms with Crippen LogP contribution in [0.5, 0.6) is 0 Å². The lowest BCUT2D eigenvalue weighted by Crippen LogP contribution is -2.18. The van der Waals surface area contributed by atoms with Gasteiger partial charge in [0.05, 0.1) is 0 Å². The molecule has 0 amide bonds. The van der Waals surface area contributed by atoms with Gasteiger partial charge in [0.15, 0.2) is 0 Å². The molecule has 1 nitrogen and oxygen atoms in total. The van der Waals surface area contributed by atoms with E-state index >= 15 is 0 Å². The molecule has 0 unspecified atom stereocenters. The minimum Gasteiger partial charge on any atom is -0.306 e. The Hall–Kier alpha value is -0.830. The normalized spacial score (nSPS) is 12.4. The molecule has 3 heteroatoms. The first-order valence-electron chi connectivity index (χ1n) is 6.31. The van der Waals surface area contributed by atoms with E-state index in [1.54, 1.807) is 0 Å². The molecule has 0 aliphatic heterocycles. The van der Waals surface area contributed by atoms with Crippen molar-refractivity contribution in [1.29, 1.82) is 0 Å². The monoisotopic (exact) mass is 337 g/mol. The highest BCUT2D eigenvalue weighted by Crippen LogP contribution is 2.23. The van der Waals surface area contributed by atoms with E-state index in [-0.39, 0.29) is 6.04 Å². The van der Waals surface area contributed by atoms with Gasteiger partial charge in [0, 0.05) is 22.1 Å². The van der Waals surface area contributed by atoms with Gasteiger partial charge >= 0.3 is 0 Å². The lowest BCUT2D eigenvalue weighted by molar-refractivity contribution is 0.574. The van der Waals surface area contributed by atoms with Crippen LogP contribution in [0.3, 0.4) is 0 Å². The Morgan fingerprint density at radius 2 is 1.95 bits per heavy atom. The van der Waals surface area contributed by atoms with Crippen LogP contribution in [0.15, 0.2) is 46.9 Å². The molecule has 1 atom stereocenters. The van der Waals surface area contributed by atoms with E-state index in [2.05, 4.69) is 59.4 Å². The number of rotatable bonds is 4. The fraction of sp³-hybridized carbons (Fsp3) is 0.250. The van der Waals surface area contributed by atoms with E-state index < -0.39 is 0 Å². The fourth-order valence-electron chi connectivity index (χ4n) is 1.99. The molecule has 1 N–H and O–H groups in total. The lowest BCUT2D eigenvalue weighted by atomic mass is 10.1. The van der Waals surface area contributed by atoms with Crippen LogP contribution in [0.25, 0.3) is 0 Å². The van der Waals surface area contributed by atoms with Crippen molar-refractivity contribution in [2.75, 3.05) is 0 Å². The smallest absolute Gasteiger partial charge is 0.0453 e. The predicted octanol–water partition coefficient (Wildman–Crippen LogP) is 5.26. The molecule has 0 saturated carbocycles. The van der Waals surface area contributed by atoms with E-state index in [0.29, 0.717) is 0 Å². The van der Waals surface area contributed by atoms with Crippen LogP contribution >= 0.6 is 27.5 Å². The zero-order valence-electron chi connectivity index (χ0n) is 11.1. The van der Waals surface area contributed by atoms with Crippen molar-refractivity contribution in [3.05, 3.63) is 68.7 Å². The number of halogens is 2. The van der Waals surface area contributed by atoms with E-state index in [1.165, 1.54) is 11.1 Å². The summed E-state index contributed by atoms with van der Waals surface area (Å²) in [7, 11) is 0. The molecule has 0 bridgehead atoms. The third kappa shape index (κ3) is 3.82. The first-order valence-corrected chi connectivity index (χ1v) is 7.48. The molecular formula is C16H17BrClN. The maximum absolute atomic E-state index is 6.20. The average Bonchev–Trinajstić information content (AvgIpc) is 2.38. The number of benzene rings is 2. The Morgan fingerprint density at radius 3 is 2.63 bits per heavy atom. The summed E-state index contributed by atoms with van der Waals surface area (Å²) in [5.74, 6) is 0. The Kier molecular flexibility index (Phi) is 5.03. The van der Waals surface area contributed by atoms with Crippen molar-refractivity contribution in [1.82, 2.24) is 5.32 Å². The second-order valence-electron chi connectivity index (χ2n) is 4.72. The molecule has 0 radical (unpaired) electrons. The third-order valence-electron chi connectivity index (χ3n) is 3.18. The number of aryl methyl sites for hydroxylation is 1. The Morgan fingerprint density at radius 1 is 1.21 bits per heavy atom. The second-order valence-corrected chi connectivity index (χ2v) is 5.98. The van der Waals surface area contributed by atoms with Crippen LogP contribution < -0.4 is 5.32 Å².